The highest BCUT2D eigenvalue weighted by molar-refractivity contribution is 7.80. The van der Waals surface area contributed by atoms with E-state index in [1.807, 2.05) is 0 Å². The number of carbonyl (C=O) groups excluding carboxylic acids is 1. The fraction of sp³-hybridized carbons (Fsp3) is 0.125. The number of nitrogens with zero attached hydrogens (tertiary/aromatic N) is 1. The fourth-order valence-corrected chi connectivity index (χ4v) is 1.07. The van der Waals surface area contributed by atoms with Gasteiger partial charge in [-0.1, -0.05) is 12.2 Å². The van der Waals surface area contributed by atoms with Crippen molar-refractivity contribution in [1.29, 1.82) is 0 Å². The number of pyridine rings is 1. The third kappa shape index (κ3) is 2.67. The van der Waals surface area contributed by atoms with Crippen LogP contribution < -0.4 is 16.8 Å². The van der Waals surface area contributed by atoms with Crippen molar-refractivity contribution in [3.63, 3.8) is 0 Å². The number of hydrogen-bond donors (Lipinski definition) is 3. The zero-order chi connectivity index (χ0) is 10.6. The van der Waals surface area contributed by atoms with Crippen molar-refractivity contribution < 1.29 is 4.79 Å². The summed E-state index contributed by atoms with van der Waals surface area (Å²) in [5, 5.41) is 2.77. The van der Waals surface area contributed by atoms with E-state index in [-0.39, 0.29) is 4.99 Å². The van der Waals surface area contributed by atoms with Gasteiger partial charge in [-0.25, -0.2) is 0 Å². The van der Waals surface area contributed by atoms with Crippen molar-refractivity contribution in [2.75, 3.05) is 5.32 Å². The molecular formula is C8H10N4OS. The zero-order valence-electron chi connectivity index (χ0n) is 7.31. The number of anilines is 1. The molecule has 1 unspecified atom stereocenters. The molecule has 1 heterocycles. The van der Waals surface area contributed by atoms with E-state index in [1.165, 1.54) is 0 Å². The first kappa shape index (κ1) is 10.4. The predicted molar refractivity (Wildman–Crippen MR) is 57.6 cm³/mol. The molecule has 0 aliphatic rings. The molecule has 0 aliphatic heterocycles. The Morgan fingerprint density at radius 2 is 2.29 bits per heavy atom. The maximum absolute atomic E-state index is 10.9. The molecule has 0 bridgehead atoms. The number of amides is 1. The van der Waals surface area contributed by atoms with E-state index in [2.05, 4.69) is 22.5 Å². The van der Waals surface area contributed by atoms with Crippen LogP contribution in [0.1, 0.15) is 0 Å². The number of carbonyl (C=O) groups is 1. The summed E-state index contributed by atoms with van der Waals surface area (Å²) in [4.78, 5) is 14.8. The average molecular weight is 210 g/mol. The maximum atomic E-state index is 10.9. The summed E-state index contributed by atoms with van der Waals surface area (Å²) in [6, 6.07) is 2.62. The third-order valence-corrected chi connectivity index (χ3v) is 1.78. The Kier molecular flexibility index (Phi) is 3.35. The number of rotatable bonds is 4. The lowest BCUT2D eigenvalue weighted by Gasteiger charge is -2.14. The van der Waals surface area contributed by atoms with E-state index in [0.29, 0.717) is 5.69 Å². The Hall–Kier alpha value is -1.69. The van der Waals surface area contributed by atoms with Crippen LogP contribution in [0.15, 0.2) is 24.5 Å². The lowest BCUT2D eigenvalue weighted by Crippen LogP contribution is -2.44. The van der Waals surface area contributed by atoms with Crippen LogP contribution in [0, 0.1) is 0 Å². The molecule has 0 radical (unpaired) electrons. The van der Waals surface area contributed by atoms with Crippen molar-refractivity contribution in [3.8, 4) is 0 Å². The van der Waals surface area contributed by atoms with Crippen LogP contribution in [0.5, 0.6) is 0 Å². The van der Waals surface area contributed by atoms with Gasteiger partial charge in [0.15, 0.2) is 6.04 Å². The SMILES string of the molecule is NC(=O)C(Nc1cccnc1)C(N)=S. The normalized spacial score (nSPS) is 11.7. The molecule has 0 aliphatic carbocycles. The summed E-state index contributed by atoms with van der Waals surface area (Å²) < 4.78 is 0. The van der Waals surface area contributed by atoms with Gasteiger partial charge in [0.1, 0.15) is 4.99 Å². The van der Waals surface area contributed by atoms with Crippen molar-refractivity contribution in [1.82, 2.24) is 4.98 Å². The minimum atomic E-state index is -0.839. The first-order chi connectivity index (χ1) is 6.61. The Morgan fingerprint density at radius 3 is 2.71 bits per heavy atom. The van der Waals surface area contributed by atoms with Gasteiger partial charge >= 0.3 is 0 Å². The number of nitrogens with one attached hydrogen (secondary N) is 1. The van der Waals surface area contributed by atoms with Gasteiger partial charge in [-0.05, 0) is 12.1 Å². The molecule has 14 heavy (non-hydrogen) atoms. The molecule has 1 rings (SSSR count). The van der Waals surface area contributed by atoms with Crippen molar-refractivity contribution in [2.45, 2.75) is 6.04 Å². The summed E-state index contributed by atoms with van der Waals surface area (Å²) in [5.74, 6) is -0.610. The van der Waals surface area contributed by atoms with Crippen LogP contribution in [-0.4, -0.2) is 21.9 Å². The predicted octanol–water partition coefficient (Wildman–Crippen LogP) is -0.367. The second-order valence-corrected chi connectivity index (χ2v) is 3.10. The zero-order valence-corrected chi connectivity index (χ0v) is 8.12. The van der Waals surface area contributed by atoms with E-state index in [4.69, 9.17) is 11.5 Å². The second-order valence-electron chi connectivity index (χ2n) is 2.62. The van der Waals surface area contributed by atoms with Gasteiger partial charge < -0.3 is 16.8 Å². The minimum Gasteiger partial charge on any atom is -0.391 e. The standard InChI is InChI=1S/C8H10N4OS/c9-7(13)6(8(10)14)12-5-2-1-3-11-4-5/h1-4,6,12H,(H2,9,13)(H2,10,14). The highest BCUT2D eigenvalue weighted by atomic mass is 32.1. The first-order valence-electron chi connectivity index (χ1n) is 3.86. The molecule has 1 amide bonds. The fourth-order valence-electron chi connectivity index (χ4n) is 0.897. The summed E-state index contributed by atoms with van der Waals surface area (Å²) in [7, 11) is 0. The lowest BCUT2D eigenvalue weighted by atomic mass is 10.2. The smallest absolute Gasteiger partial charge is 0.247 e. The van der Waals surface area contributed by atoms with Crippen LogP contribution in [0.4, 0.5) is 5.69 Å². The molecule has 0 saturated carbocycles. The number of aromatic nitrogens is 1. The Balaban J connectivity index is 2.75. The first-order valence-corrected chi connectivity index (χ1v) is 4.27. The summed E-state index contributed by atoms with van der Waals surface area (Å²) in [5.41, 5.74) is 11.1. The van der Waals surface area contributed by atoms with E-state index < -0.39 is 11.9 Å². The topological polar surface area (TPSA) is 94.0 Å². The molecule has 1 aromatic rings. The molecule has 0 spiro atoms. The summed E-state index contributed by atoms with van der Waals surface area (Å²) in [6.07, 6.45) is 3.17. The maximum Gasteiger partial charge on any atom is 0.247 e. The minimum absolute atomic E-state index is 0.0151. The molecule has 6 heteroatoms. The molecular weight excluding hydrogens is 200 g/mol. The Bertz CT molecular complexity index is 326. The van der Waals surface area contributed by atoms with Gasteiger partial charge in [0, 0.05) is 12.4 Å². The molecule has 5 N–H and O–H groups in total. The molecule has 0 saturated heterocycles. The van der Waals surface area contributed by atoms with E-state index in [0.717, 1.165) is 0 Å². The molecule has 0 aromatic carbocycles. The van der Waals surface area contributed by atoms with Gasteiger partial charge in [0.2, 0.25) is 5.91 Å². The van der Waals surface area contributed by atoms with Crippen LogP contribution in [-0.2, 0) is 4.79 Å². The molecule has 1 aromatic heterocycles. The molecule has 5 nitrogen and oxygen atoms in total. The Morgan fingerprint density at radius 1 is 1.57 bits per heavy atom. The second kappa shape index (κ2) is 4.52. The summed E-state index contributed by atoms with van der Waals surface area (Å²) in [6.45, 7) is 0. The van der Waals surface area contributed by atoms with Gasteiger partial charge in [-0.15, -0.1) is 0 Å². The van der Waals surface area contributed by atoms with Crippen molar-refractivity contribution >= 4 is 28.8 Å². The number of primary amides is 1. The van der Waals surface area contributed by atoms with Gasteiger partial charge in [-0.2, -0.15) is 0 Å². The van der Waals surface area contributed by atoms with Crippen LogP contribution in [0.3, 0.4) is 0 Å². The summed E-state index contributed by atoms with van der Waals surface area (Å²) >= 11 is 4.69. The van der Waals surface area contributed by atoms with Crippen molar-refractivity contribution in [2.24, 2.45) is 11.5 Å². The Labute approximate surface area is 86.5 Å². The monoisotopic (exact) mass is 210 g/mol. The number of hydrogen-bond acceptors (Lipinski definition) is 4. The average Bonchev–Trinajstić information content (AvgIpc) is 2.15. The largest absolute Gasteiger partial charge is 0.391 e. The highest BCUT2D eigenvalue weighted by Gasteiger charge is 2.17. The highest BCUT2D eigenvalue weighted by Crippen LogP contribution is 2.04. The van der Waals surface area contributed by atoms with Crippen LogP contribution in [0.2, 0.25) is 0 Å². The molecule has 74 valence electrons. The van der Waals surface area contributed by atoms with Gasteiger partial charge in [0.25, 0.3) is 0 Å². The van der Waals surface area contributed by atoms with Crippen LogP contribution in [0.25, 0.3) is 0 Å². The third-order valence-electron chi connectivity index (χ3n) is 1.54. The van der Waals surface area contributed by atoms with Crippen molar-refractivity contribution in [3.05, 3.63) is 24.5 Å². The van der Waals surface area contributed by atoms with Gasteiger partial charge in [0.05, 0.1) is 5.69 Å². The molecule has 1 atom stereocenters. The van der Waals surface area contributed by atoms with E-state index >= 15 is 0 Å². The van der Waals surface area contributed by atoms with E-state index in [1.54, 1.807) is 24.5 Å². The number of nitrogens with two attached hydrogens (primary N) is 2. The van der Waals surface area contributed by atoms with Crippen LogP contribution >= 0.6 is 12.2 Å². The van der Waals surface area contributed by atoms with E-state index in [9.17, 15) is 4.79 Å². The number of thiocarbonyl (C=S) groups is 1. The quantitative estimate of drug-likeness (QED) is 0.590. The van der Waals surface area contributed by atoms with Gasteiger partial charge in [-0.3, -0.25) is 9.78 Å². The molecule has 0 fully saturated rings. The lowest BCUT2D eigenvalue weighted by molar-refractivity contribution is -0.117.